The minimum atomic E-state index is -3.80. The summed E-state index contributed by atoms with van der Waals surface area (Å²) in [6, 6.07) is 3.74. The van der Waals surface area contributed by atoms with Crippen LogP contribution >= 0.6 is 0 Å². The molecule has 0 aromatic heterocycles. The molecule has 0 saturated carbocycles. The summed E-state index contributed by atoms with van der Waals surface area (Å²) in [7, 11) is 0. The zero-order chi connectivity index (χ0) is 38.6. The van der Waals surface area contributed by atoms with E-state index < -0.39 is 99.3 Å². The highest BCUT2D eigenvalue weighted by Crippen LogP contribution is 2.46. The summed E-state index contributed by atoms with van der Waals surface area (Å²) in [5.41, 5.74) is -6.69. The molecule has 0 bridgehead atoms. The van der Waals surface area contributed by atoms with Crippen LogP contribution in [0.2, 0.25) is 0 Å². The number of alkyl halides is 2. The number of ether oxygens (including phenoxy) is 4. The van der Waals surface area contributed by atoms with E-state index in [0.717, 1.165) is 0 Å². The minimum absolute atomic E-state index is 0.0334. The Morgan fingerprint density at radius 2 is 1.06 bits per heavy atom. The van der Waals surface area contributed by atoms with Crippen molar-refractivity contribution in [2.24, 2.45) is 0 Å². The Balaban J connectivity index is 1.86. The first-order valence-electron chi connectivity index (χ1n) is 15.6. The van der Waals surface area contributed by atoms with Crippen molar-refractivity contribution in [2.45, 2.75) is 58.5 Å². The van der Waals surface area contributed by atoms with Crippen LogP contribution in [0.15, 0.2) is 47.3 Å². The second kappa shape index (κ2) is 16.7. The van der Waals surface area contributed by atoms with E-state index in [-0.39, 0.29) is 48.2 Å². The van der Waals surface area contributed by atoms with Gasteiger partial charge < -0.3 is 18.9 Å². The Kier molecular flexibility index (Phi) is 12.8. The number of allylic oxidation sites excluding steroid dienone is 3. The molecular formula is C35H28F12O5. The molecule has 0 spiro atoms. The number of carbonyl (C=O) groups is 1. The molecule has 0 radical (unpaired) electrons. The quantitative estimate of drug-likeness (QED) is 0.0710. The molecule has 0 N–H and O–H groups in total. The van der Waals surface area contributed by atoms with Crippen LogP contribution in [0.5, 0.6) is 17.2 Å². The van der Waals surface area contributed by atoms with Crippen LogP contribution in [0, 0.1) is 40.7 Å². The molecule has 3 unspecified atom stereocenters. The fourth-order valence-electron chi connectivity index (χ4n) is 4.98. The van der Waals surface area contributed by atoms with Gasteiger partial charge in [-0.2, -0.15) is 0 Å². The number of hydrogen-bond donors (Lipinski definition) is 0. The third-order valence-electron chi connectivity index (χ3n) is 7.44. The van der Waals surface area contributed by atoms with Crippen molar-refractivity contribution in [1.29, 1.82) is 0 Å². The van der Waals surface area contributed by atoms with Gasteiger partial charge in [0.25, 0.3) is 0 Å². The molecule has 3 aromatic carbocycles. The van der Waals surface area contributed by atoms with Gasteiger partial charge in [0, 0.05) is 0 Å². The third-order valence-corrected chi connectivity index (χ3v) is 7.44. The predicted molar refractivity (Wildman–Crippen MR) is 161 cm³/mol. The van der Waals surface area contributed by atoms with Crippen LogP contribution in [0.1, 0.15) is 62.1 Å². The van der Waals surface area contributed by atoms with E-state index in [1.54, 1.807) is 13.8 Å². The first kappa shape index (κ1) is 39.9. The lowest BCUT2D eigenvalue weighted by Gasteiger charge is -2.28. The van der Waals surface area contributed by atoms with E-state index in [1.165, 1.54) is 12.1 Å². The zero-order valence-corrected chi connectivity index (χ0v) is 27.4. The number of halogens is 12. The number of carbonyl (C=O) groups excluding carboxylic acids is 1. The van der Waals surface area contributed by atoms with Gasteiger partial charge in [0.15, 0.2) is 70.7 Å². The molecule has 0 heterocycles. The van der Waals surface area contributed by atoms with Gasteiger partial charge in [-0.25, -0.2) is 57.5 Å². The molecule has 282 valence electrons. The molecular weight excluding hydrogens is 728 g/mol. The normalized spacial score (nSPS) is 16.7. The molecule has 0 fully saturated rings. The van der Waals surface area contributed by atoms with Gasteiger partial charge >= 0.3 is 5.97 Å². The lowest BCUT2D eigenvalue weighted by molar-refractivity contribution is 0.0281. The SMILES string of the molecule is CCCOc1cc(-c2cc(F)c(C(=O)OC(C3=C(F)C(F)=C(F)C(F)C3F)c3c(F)c(F)c(F)c(F)c3F)c(F)c2)cc(OCCC)c1OCCC. The van der Waals surface area contributed by atoms with Gasteiger partial charge in [0.1, 0.15) is 17.2 Å². The molecule has 0 saturated heterocycles. The highest BCUT2D eigenvalue weighted by molar-refractivity contribution is 5.91. The third kappa shape index (κ3) is 7.67. The smallest absolute Gasteiger partial charge is 0.345 e. The predicted octanol–water partition coefficient (Wildman–Crippen LogP) is 10.7. The molecule has 3 atom stereocenters. The molecule has 4 rings (SSSR count). The van der Waals surface area contributed by atoms with Crippen molar-refractivity contribution in [1.82, 2.24) is 0 Å². The highest BCUT2D eigenvalue weighted by atomic mass is 19.2. The minimum Gasteiger partial charge on any atom is -0.490 e. The summed E-state index contributed by atoms with van der Waals surface area (Å²) in [6.45, 7) is 6.05. The monoisotopic (exact) mass is 756 g/mol. The van der Waals surface area contributed by atoms with E-state index in [9.17, 15) is 48.7 Å². The van der Waals surface area contributed by atoms with Crippen LogP contribution in [-0.2, 0) is 4.74 Å². The summed E-state index contributed by atoms with van der Waals surface area (Å²) in [5, 5.41) is 0. The number of esters is 1. The Hall–Kier alpha value is -4.83. The van der Waals surface area contributed by atoms with Gasteiger partial charge in [0.05, 0.1) is 31.0 Å². The maximum atomic E-state index is 15.6. The second-order valence-electron chi connectivity index (χ2n) is 11.2. The van der Waals surface area contributed by atoms with E-state index in [1.807, 2.05) is 6.92 Å². The largest absolute Gasteiger partial charge is 0.490 e. The summed E-state index contributed by atoms with van der Waals surface area (Å²) in [5.74, 6) is -28.0. The average Bonchev–Trinajstić information content (AvgIpc) is 3.11. The summed E-state index contributed by atoms with van der Waals surface area (Å²) < 4.78 is 197. The Morgan fingerprint density at radius 3 is 1.54 bits per heavy atom. The van der Waals surface area contributed by atoms with E-state index in [0.29, 0.717) is 31.4 Å². The molecule has 5 nitrogen and oxygen atoms in total. The first-order valence-corrected chi connectivity index (χ1v) is 15.6. The van der Waals surface area contributed by atoms with Gasteiger partial charge in [-0.15, -0.1) is 0 Å². The van der Waals surface area contributed by atoms with Gasteiger partial charge in [0.2, 0.25) is 11.6 Å². The van der Waals surface area contributed by atoms with Crippen molar-refractivity contribution in [2.75, 3.05) is 19.8 Å². The summed E-state index contributed by atoms with van der Waals surface area (Å²) in [6.07, 6.45) is -9.52. The van der Waals surface area contributed by atoms with Crippen LogP contribution in [-0.4, -0.2) is 38.1 Å². The zero-order valence-electron chi connectivity index (χ0n) is 27.4. The Morgan fingerprint density at radius 1 is 0.615 bits per heavy atom. The van der Waals surface area contributed by atoms with Crippen molar-refractivity contribution in [3.05, 3.63) is 99.2 Å². The van der Waals surface area contributed by atoms with Gasteiger partial charge in [-0.1, -0.05) is 20.8 Å². The lowest BCUT2D eigenvalue weighted by Crippen LogP contribution is -2.32. The number of hydrogen-bond acceptors (Lipinski definition) is 5. The Bertz CT molecular complexity index is 1830. The lowest BCUT2D eigenvalue weighted by atomic mass is 9.89. The molecule has 0 aliphatic heterocycles. The van der Waals surface area contributed by atoms with E-state index in [2.05, 4.69) is 4.74 Å². The van der Waals surface area contributed by atoms with Crippen LogP contribution in [0.25, 0.3) is 11.1 Å². The maximum Gasteiger partial charge on any atom is 0.345 e. The van der Waals surface area contributed by atoms with Crippen molar-refractivity contribution in [3.63, 3.8) is 0 Å². The highest BCUT2D eigenvalue weighted by Gasteiger charge is 2.47. The summed E-state index contributed by atoms with van der Waals surface area (Å²) in [4.78, 5) is 13.1. The van der Waals surface area contributed by atoms with Gasteiger partial charge in [-0.3, -0.25) is 0 Å². The fourth-order valence-corrected chi connectivity index (χ4v) is 4.98. The van der Waals surface area contributed by atoms with Crippen molar-refractivity contribution in [3.8, 4) is 28.4 Å². The van der Waals surface area contributed by atoms with Crippen LogP contribution in [0.3, 0.4) is 0 Å². The first-order chi connectivity index (χ1) is 24.6. The van der Waals surface area contributed by atoms with Crippen molar-refractivity contribution < 1.29 is 76.4 Å². The average molecular weight is 757 g/mol. The number of rotatable bonds is 14. The van der Waals surface area contributed by atoms with Gasteiger partial charge in [-0.05, 0) is 54.7 Å². The fraction of sp³-hybridized carbons (Fsp3) is 0.343. The molecule has 17 heteroatoms. The Labute approximate surface area is 288 Å². The molecule has 1 aliphatic rings. The molecule has 1 aliphatic carbocycles. The second-order valence-corrected chi connectivity index (χ2v) is 11.2. The molecule has 3 aromatic rings. The van der Waals surface area contributed by atoms with E-state index in [4.69, 9.17) is 14.2 Å². The number of benzene rings is 3. The topological polar surface area (TPSA) is 54.0 Å². The van der Waals surface area contributed by atoms with E-state index >= 15 is 8.78 Å². The van der Waals surface area contributed by atoms with Crippen LogP contribution in [0.4, 0.5) is 52.7 Å². The molecule has 0 amide bonds. The molecule has 52 heavy (non-hydrogen) atoms. The summed E-state index contributed by atoms with van der Waals surface area (Å²) >= 11 is 0. The maximum absolute atomic E-state index is 15.6. The van der Waals surface area contributed by atoms with Crippen LogP contribution < -0.4 is 14.2 Å². The van der Waals surface area contributed by atoms with Crippen molar-refractivity contribution >= 4 is 5.97 Å². The standard InChI is InChI=1S/C35H28F12O5/c1-4-7-49-18-12-15(13-19(50-8-5-2)33(18)51-9-6-3)14-10-16(36)20(17(37)11-14)35(48)52-34(21-23(38)27(42)31(46)28(43)24(21)39)22-25(40)29(44)32(47)30(45)26(22)41/h10-13,23,27,34H,4-9H2,1-3H3.